The highest BCUT2D eigenvalue weighted by molar-refractivity contribution is 6.87. The topological polar surface area (TPSA) is 35.5 Å². The Morgan fingerprint density at radius 3 is 1.50 bits per heavy atom. The van der Waals surface area contributed by atoms with E-state index in [9.17, 15) is 4.79 Å². The monoisotopic (exact) mass is 278 g/mol. The molecule has 0 aliphatic carbocycles. The van der Waals surface area contributed by atoms with Gasteiger partial charge >= 0.3 is 8.56 Å². The van der Waals surface area contributed by atoms with Gasteiger partial charge in [-0.15, -0.1) is 0 Å². The lowest BCUT2D eigenvalue weighted by Crippen LogP contribution is -2.52. The molecule has 0 aromatic carbocycles. The van der Waals surface area contributed by atoms with Crippen LogP contribution in [0.4, 0.5) is 0 Å². The molecule has 6 heteroatoms. The first-order valence-electron chi connectivity index (χ1n) is 5.81. The van der Waals surface area contributed by atoms with Crippen molar-refractivity contribution in [2.24, 2.45) is 0 Å². The molecule has 0 saturated heterocycles. The normalized spacial score (nSPS) is 13.9. The van der Waals surface area contributed by atoms with Gasteiger partial charge in [-0.05, 0) is 51.9 Å². The van der Waals surface area contributed by atoms with Crippen molar-refractivity contribution in [3.05, 3.63) is 0 Å². The molecule has 0 unspecified atom stereocenters. The molecule has 3 nitrogen and oxygen atoms in total. The highest BCUT2D eigenvalue weighted by atomic mass is 28.5. The molecular formula is C10H26O3Si3. The Hall–Kier alpha value is 0.241. The van der Waals surface area contributed by atoms with E-state index >= 15 is 0 Å². The lowest BCUT2D eigenvalue weighted by molar-refractivity contribution is -0.107. The largest absolute Gasteiger partial charge is 0.437 e. The molecule has 0 spiro atoms. The van der Waals surface area contributed by atoms with Gasteiger partial charge in [-0.1, -0.05) is 0 Å². The lowest BCUT2D eigenvalue weighted by atomic mass is 10.6. The molecule has 0 heterocycles. The Bertz CT molecular complexity index is 214. The van der Waals surface area contributed by atoms with Gasteiger partial charge < -0.3 is 13.0 Å². The Morgan fingerprint density at radius 1 is 0.875 bits per heavy atom. The fourth-order valence-electron chi connectivity index (χ4n) is 1.74. The zero-order valence-corrected chi connectivity index (χ0v) is 14.7. The first kappa shape index (κ1) is 16.2. The smallest absolute Gasteiger partial charge is 0.314 e. The lowest BCUT2D eigenvalue weighted by Gasteiger charge is -2.38. The average Bonchev–Trinajstić information content (AvgIpc) is 1.93. The quantitative estimate of drug-likeness (QED) is 0.529. The molecule has 0 radical (unpaired) electrons. The van der Waals surface area contributed by atoms with Gasteiger partial charge in [0.1, 0.15) is 6.29 Å². The summed E-state index contributed by atoms with van der Waals surface area (Å²) >= 11 is 0. The molecule has 16 heavy (non-hydrogen) atoms. The number of hydrogen-bond donors (Lipinski definition) is 0. The van der Waals surface area contributed by atoms with Crippen molar-refractivity contribution in [1.82, 2.24) is 0 Å². The SMILES string of the molecule is C[Si](C)(C)O[Si](C)(CCC=O)O[Si](C)(C)C. The Labute approximate surface area is 103 Å². The van der Waals surface area contributed by atoms with Gasteiger partial charge in [-0.2, -0.15) is 0 Å². The average molecular weight is 279 g/mol. The highest BCUT2D eigenvalue weighted by Gasteiger charge is 2.39. The van der Waals surface area contributed by atoms with E-state index < -0.39 is 25.2 Å². The molecule has 0 aliphatic rings. The minimum atomic E-state index is -2.15. The van der Waals surface area contributed by atoms with Crippen molar-refractivity contribution in [2.75, 3.05) is 0 Å². The van der Waals surface area contributed by atoms with Crippen LogP contribution in [-0.4, -0.2) is 31.5 Å². The zero-order valence-electron chi connectivity index (χ0n) is 11.7. The Balaban J connectivity index is 4.67. The summed E-state index contributed by atoms with van der Waals surface area (Å²) in [5.41, 5.74) is 0. The van der Waals surface area contributed by atoms with Gasteiger partial charge in [0.25, 0.3) is 0 Å². The van der Waals surface area contributed by atoms with Crippen LogP contribution in [0, 0.1) is 0 Å². The van der Waals surface area contributed by atoms with Gasteiger partial charge in [0.05, 0.1) is 0 Å². The first-order valence-corrected chi connectivity index (χ1v) is 15.2. The van der Waals surface area contributed by atoms with Crippen LogP contribution in [0.1, 0.15) is 6.42 Å². The Morgan fingerprint density at radius 2 is 1.25 bits per heavy atom. The predicted octanol–water partition coefficient (Wildman–Crippen LogP) is 3.35. The van der Waals surface area contributed by atoms with Crippen LogP contribution in [0.15, 0.2) is 0 Å². The van der Waals surface area contributed by atoms with Crippen LogP contribution < -0.4 is 0 Å². The summed E-state index contributed by atoms with van der Waals surface area (Å²) < 4.78 is 12.5. The van der Waals surface area contributed by atoms with Crippen molar-refractivity contribution in [2.45, 2.75) is 58.3 Å². The highest BCUT2D eigenvalue weighted by Crippen LogP contribution is 2.24. The van der Waals surface area contributed by atoms with Crippen LogP contribution >= 0.6 is 0 Å². The summed E-state index contributed by atoms with van der Waals surface area (Å²) in [5, 5.41) is 0. The van der Waals surface area contributed by atoms with Gasteiger partial charge in [0.2, 0.25) is 0 Å². The summed E-state index contributed by atoms with van der Waals surface area (Å²) in [7, 11) is -5.35. The van der Waals surface area contributed by atoms with Crippen molar-refractivity contribution in [1.29, 1.82) is 0 Å². The van der Waals surface area contributed by atoms with E-state index in [0.717, 1.165) is 12.3 Å². The third-order valence-corrected chi connectivity index (χ3v) is 11.3. The molecule has 0 aliphatic heterocycles. The number of rotatable bonds is 7. The van der Waals surface area contributed by atoms with Gasteiger partial charge in [-0.25, -0.2) is 0 Å². The molecular weight excluding hydrogens is 252 g/mol. The van der Waals surface area contributed by atoms with E-state index in [2.05, 4.69) is 45.8 Å². The van der Waals surface area contributed by atoms with E-state index in [4.69, 9.17) is 8.23 Å². The van der Waals surface area contributed by atoms with E-state index in [1.807, 2.05) is 0 Å². The van der Waals surface area contributed by atoms with Crippen LogP contribution in [0.2, 0.25) is 51.9 Å². The van der Waals surface area contributed by atoms with Crippen LogP contribution in [0.5, 0.6) is 0 Å². The second-order valence-corrected chi connectivity index (χ2v) is 19.1. The fraction of sp³-hybridized carbons (Fsp3) is 0.900. The molecule has 0 fully saturated rings. The summed E-state index contributed by atoms with van der Waals surface area (Å²) in [6, 6.07) is 0.783. The maximum atomic E-state index is 10.5. The fourth-order valence-corrected chi connectivity index (χ4v) is 14.1. The van der Waals surface area contributed by atoms with Gasteiger partial charge in [0.15, 0.2) is 16.6 Å². The summed E-state index contributed by atoms with van der Waals surface area (Å²) in [6.07, 6.45) is 1.52. The third-order valence-electron chi connectivity index (χ3n) is 1.76. The minimum absolute atomic E-state index is 0.553. The van der Waals surface area contributed by atoms with E-state index in [1.54, 1.807) is 0 Å². The number of carbonyl (C=O) groups excluding carboxylic acids is 1. The number of hydrogen-bond acceptors (Lipinski definition) is 3. The summed E-state index contributed by atoms with van der Waals surface area (Å²) in [5.74, 6) is 0. The molecule has 0 aromatic rings. The summed E-state index contributed by atoms with van der Waals surface area (Å²) in [4.78, 5) is 10.5. The molecule has 0 bridgehead atoms. The van der Waals surface area contributed by atoms with E-state index in [1.165, 1.54) is 0 Å². The maximum absolute atomic E-state index is 10.5. The molecule has 96 valence electrons. The first-order chi connectivity index (χ1) is 6.97. The molecule has 0 N–H and O–H groups in total. The second-order valence-electron chi connectivity index (χ2n) is 6.27. The molecule has 0 saturated carbocycles. The number of aldehydes is 1. The predicted molar refractivity (Wildman–Crippen MR) is 76.0 cm³/mol. The minimum Gasteiger partial charge on any atom is -0.437 e. The van der Waals surface area contributed by atoms with Crippen molar-refractivity contribution >= 4 is 31.5 Å². The third kappa shape index (κ3) is 8.40. The second kappa shape index (κ2) is 5.72. The van der Waals surface area contributed by atoms with E-state index in [-0.39, 0.29) is 0 Å². The maximum Gasteiger partial charge on any atom is 0.314 e. The van der Waals surface area contributed by atoms with Crippen molar-refractivity contribution < 1.29 is 13.0 Å². The Kier molecular flexibility index (Phi) is 5.81. The van der Waals surface area contributed by atoms with E-state index in [0.29, 0.717) is 6.42 Å². The van der Waals surface area contributed by atoms with Gasteiger partial charge in [0, 0.05) is 6.42 Å². The van der Waals surface area contributed by atoms with Crippen molar-refractivity contribution in [3.63, 3.8) is 0 Å². The molecule has 0 rings (SSSR count). The number of carbonyl (C=O) groups is 1. The molecule has 0 aromatic heterocycles. The van der Waals surface area contributed by atoms with Crippen LogP contribution in [0.3, 0.4) is 0 Å². The van der Waals surface area contributed by atoms with Crippen LogP contribution in [0.25, 0.3) is 0 Å². The van der Waals surface area contributed by atoms with Gasteiger partial charge in [-0.3, -0.25) is 0 Å². The van der Waals surface area contributed by atoms with Crippen molar-refractivity contribution in [3.8, 4) is 0 Å². The van der Waals surface area contributed by atoms with Crippen LogP contribution in [-0.2, 0) is 13.0 Å². The molecule has 0 atom stereocenters. The molecule has 0 amide bonds. The summed E-state index contributed by atoms with van der Waals surface area (Å²) in [6.45, 7) is 15.1. The standard InChI is InChI=1S/C10H26O3Si3/c1-14(2,3)12-16(7,10-8-9-11)13-15(4,5)6/h9H,8,10H2,1-7H3. The zero-order chi connectivity index (χ0) is 13.0.